The summed E-state index contributed by atoms with van der Waals surface area (Å²) in [5, 5.41) is 18.6. The fourth-order valence-corrected chi connectivity index (χ4v) is 1.87. The van der Waals surface area contributed by atoms with E-state index in [9.17, 15) is 19.8 Å². The monoisotopic (exact) mass is 265 g/mol. The molecule has 0 aliphatic carbocycles. The first-order valence-electron chi connectivity index (χ1n) is 5.94. The zero-order valence-corrected chi connectivity index (χ0v) is 11.5. The minimum atomic E-state index is -1.15. The Kier molecular flexibility index (Phi) is 4.19. The molecule has 0 bridgehead atoms. The second-order valence-electron chi connectivity index (χ2n) is 5.55. The van der Waals surface area contributed by atoms with E-state index in [2.05, 4.69) is 0 Å². The van der Waals surface area contributed by atoms with Crippen molar-refractivity contribution in [2.24, 2.45) is 11.3 Å². The summed E-state index contributed by atoms with van der Waals surface area (Å²) >= 11 is 0. The number of hydrogen-bond donors (Lipinski definition) is 2. The molecule has 1 aromatic carbocycles. The maximum atomic E-state index is 12.3. The molecule has 1 atom stereocenters. The summed E-state index contributed by atoms with van der Waals surface area (Å²) in [7, 11) is 1.50. The van der Waals surface area contributed by atoms with Gasteiger partial charge in [-0.2, -0.15) is 0 Å². The number of phenols is 1. The number of carboxylic acid groups (broad SMARTS) is 1. The molecule has 1 rings (SSSR count). The SMILES string of the molecule is CN(C(=O)C(C(=O)O)C(C)(C)C)c1cccc(O)c1. The number of hydrogen-bond acceptors (Lipinski definition) is 3. The average Bonchev–Trinajstić information content (AvgIpc) is 2.25. The molecule has 0 heterocycles. The number of anilines is 1. The zero-order chi connectivity index (χ0) is 14.8. The van der Waals surface area contributed by atoms with Crippen LogP contribution in [0.25, 0.3) is 0 Å². The van der Waals surface area contributed by atoms with Crippen LogP contribution in [0.3, 0.4) is 0 Å². The molecule has 0 aliphatic rings. The van der Waals surface area contributed by atoms with E-state index >= 15 is 0 Å². The summed E-state index contributed by atoms with van der Waals surface area (Å²) in [6.07, 6.45) is 0. The first kappa shape index (κ1) is 15.0. The van der Waals surface area contributed by atoms with Crippen molar-refractivity contribution in [2.75, 3.05) is 11.9 Å². The van der Waals surface area contributed by atoms with Crippen molar-refractivity contribution in [1.82, 2.24) is 0 Å². The number of amides is 1. The zero-order valence-electron chi connectivity index (χ0n) is 11.5. The van der Waals surface area contributed by atoms with Gasteiger partial charge >= 0.3 is 5.97 Å². The molecule has 0 aliphatic heterocycles. The van der Waals surface area contributed by atoms with E-state index in [1.807, 2.05) is 0 Å². The van der Waals surface area contributed by atoms with Crippen molar-refractivity contribution < 1.29 is 19.8 Å². The van der Waals surface area contributed by atoms with E-state index in [1.165, 1.54) is 24.1 Å². The predicted octanol–water partition coefficient (Wildman–Crippen LogP) is 2.10. The van der Waals surface area contributed by atoms with Crippen LogP contribution >= 0.6 is 0 Å². The maximum absolute atomic E-state index is 12.3. The lowest BCUT2D eigenvalue weighted by Crippen LogP contribution is -2.43. The maximum Gasteiger partial charge on any atom is 0.316 e. The van der Waals surface area contributed by atoms with Gasteiger partial charge in [0.25, 0.3) is 0 Å². The third kappa shape index (κ3) is 3.47. The Morgan fingerprint density at radius 1 is 1.26 bits per heavy atom. The Morgan fingerprint density at radius 2 is 1.84 bits per heavy atom. The van der Waals surface area contributed by atoms with Crippen LogP contribution in [0.5, 0.6) is 5.75 Å². The van der Waals surface area contributed by atoms with Crippen molar-refractivity contribution in [1.29, 1.82) is 0 Å². The average molecular weight is 265 g/mol. The molecule has 104 valence electrons. The topological polar surface area (TPSA) is 77.8 Å². The number of phenolic OH excluding ortho intramolecular Hbond substituents is 1. The fraction of sp³-hybridized carbons (Fsp3) is 0.429. The number of benzene rings is 1. The Balaban J connectivity index is 3.07. The molecule has 0 saturated heterocycles. The standard InChI is InChI=1S/C14H19NO4/c1-14(2,3)11(13(18)19)12(17)15(4)9-6-5-7-10(16)8-9/h5-8,11,16H,1-4H3,(H,18,19). The van der Waals surface area contributed by atoms with Gasteiger partial charge < -0.3 is 15.1 Å². The highest BCUT2D eigenvalue weighted by atomic mass is 16.4. The van der Waals surface area contributed by atoms with Crippen molar-refractivity contribution in [3.05, 3.63) is 24.3 Å². The predicted molar refractivity (Wildman–Crippen MR) is 72.1 cm³/mol. The minimum absolute atomic E-state index is 0.0276. The Morgan fingerprint density at radius 3 is 2.26 bits per heavy atom. The van der Waals surface area contributed by atoms with Gasteiger partial charge in [-0.1, -0.05) is 26.8 Å². The molecule has 5 heteroatoms. The molecule has 2 N–H and O–H groups in total. The number of carboxylic acids is 1. The van der Waals surface area contributed by atoms with Gasteiger partial charge in [0.15, 0.2) is 0 Å². The molecule has 0 fully saturated rings. The van der Waals surface area contributed by atoms with Crippen molar-refractivity contribution in [3.8, 4) is 5.75 Å². The number of nitrogens with zero attached hydrogens (tertiary/aromatic N) is 1. The molecule has 0 aromatic heterocycles. The second kappa shape index (κ2) is 5.30. The Labute approximate surface area is 112 Å². The van der Waals surface area contributed by atoms with Gasteiger partial charge in [-0.25, -0.2) is 0 Å². The molecule has 5 nitrogen and oxygen atoms in total. The fourth-order valence-electron chi connectivity index (χ4n) is 1.87. The number of rotatable bonds is 3. The summed E-state index contributed by atoms with van der Waals surface area (Å²) in [6.45, 7) is 5.12. The first-order valence-corrected chi connectivity index (χ1v) is 5.94. The number of carbonyl (C=O) groups is 2. The number of carbonyl (C=O) groups excluding carboxylic acids is 1. The molecule has 1 unspecified atom stereocenters. The van der Waals surface area contributed by atoms with Gasteiger partial charge in [-0.3, -0.25) is 9.59 Å². The van der Waals surface area contributed by atoms with Crippen LogP contribution in [0, 0.1) is 11.3 Å². The van der Waals surface area contributed by atoms with Crippen LogP contribution in [0.15, 0.2) is 24.3 Å². The normalized spacial score (nSPS) is 12.8. The molecular weight excluding hydrogens is 246 g/mol. The third-order valence-corrected chi connectivity index (χ3v) is 2.91. The molecule has 1 amide bonds. The molecule has 19 heavy (non-hydrogen) atoms. The summed E-state index contributed by atoms with van der Waals surface area (Å²) < 4.78 is 0. The Hall–Kier alpha value is -2.04. The van der Waals surface area contributed by atoms with E-state index in [4.69, 9.17) is 0 Å². The lowest BCUT2D eigenvalue weighted by atomic mass is 9.80. The summed E-state index contributed by atoms with van der Waals surface area (Å²) in [5.41, 5.74) is -0.228. The van der Waals surface area contributed by atoms with Crippen LogP contribution in [0.4, 0.5) is 5.69 Å². The van der Waals surface area contributed by atoms with Gasteiger partial charge in [-0.05, 0) is 17.5 Å². The highest BCUT2D eigenvalue weighted by molar-refractivity contribution is 6.06. The van der Waals surface area contributed by atoms with Gasteiger partial charge in [-0.15, -0.1) is 0 Å². The highest BCUT2D eigenvalue weighted by Gasteiger charge is 2.39. The van der Waals surface area contributed by atoms with Crippen molar-refractivity contribution in [3.63, 3.8) is 0 Å². The van der Waals surface area contributed by atoms with E-state index < -0.39 is 23.2 Å². The van der Waals surface area contributed by atoms with E-state index in [1.54, 1.807) is 32.9 Å². The molecular formula is C14H19NO4. The van der Waals surface area contributed by atoms with Crippen molar-refractivity contribution >= 4 is 17.6 Å². The van der Waals surface area contributed by atoms with E-state index in [0.717, 1.165) is 0 Å². The highest BCUT2D eigenvalue weighted by Crippen LogP contribution is 2.30. The van der Waals surface area contributed by atoms with Crippen LogP contribution in [0.2, 0.25) is 0 Å². The minimum Gasteiger partial charge on any atom is -0.508 e. The lowest BCUT2D eigenvalue weighted by molar-refractivity contribution is -0.150. The molecule has 0 radical (unpaired) electrons. The van der Waals surface area contributed by atoms with Crippen LogP contribution < -0.4 is 4.90 Å². The van der Waals surface area contributed by atoms with E-state index in [0.29, 0.717) is 5.69 Å². The third-order valence-electron chi connectivity index (χ3n) is 2.91. The number of aliphatic carboxylic acids is 1. The van der Waals surface area contributed by atoms with Gasteiger partial charge in [0.2, 0.25) is 5.91 Å². The van der Waals surface area contributed by atoms with Crippen LogP contribution in [0.1, 0.15) is 20.8 Å². The van der Waals surface area contributed by atoms with Crippen LogP contribution in [-0.2, 0) is 9.59 Å². The summed E-state index contributed by atoms with van der Waals surface area (Å²) in [4.78, 5) is 24.9. The summed E-state index contributed by atoms with van der Waals surface area (Å²) in [6, 6.07) is 6.14. The van der Waals surface area contributed by atoms with Gasteiger partial charge in [0.05, 0.1) is 0 Å². The Bertz CT molecular complexity index is 490. The quantitative estimate of drug-likeness (QED) is 0.820. The van der Waals surface area contributed by atoms with E-state index in [-0.39, 0.29) is 5.75 Å². The smallest absolute Gasteiger partial charge is 0.316 e. The van der Waals surface area contributed by atoms with Crippen molar-refractivity contribution in [2.45, 2.75) is 20.8 Å². The number of aromatic hydroxyl groups is 1. The largest absolute Gasteiger partial charge is 0.508 e. The molecule has 0 spiro atoms. The first-order chi connectivity index (χ1) is 8.64. The van der Waals surface area contributed by atoms with Gasteiger partial charge in [0.1, 0.15) is 11.7 Å². The molecule has 1 aromatic rings. The van der Waals surface area contributed by atoms with Gasteiger partial charge in [0, 0.05) is 18.8 Å². The lowest BCUT2D eigenvalue weighted by Gasteiger charge is -2.30. The molecule has 0 saturated carbocycles. The van der Waals surface area contributed by atoms with Crippen LogP contribution in [-0.4, -0.2) is 29.1 Å². The second-order valence-corrected chi connectivity index (χ2v) is 5.55. The summed E-state index contributed by atoms with van der Waals surface area (Å²) in [5.74, 6) is -2.77.